The summed E-state index contributed by atoms with van der Waals surface area (Å²) in [5.74, 6) is 1.34. The van der Waals surface area contributed by atoms with Crippen LogP contribution in [0.2, 0.25) is 5.02 Å². The van der Waals surface area contributed by atoms with Crippen LogP contribution in [0, 0.1) is 0 Å². The highest BCUT2D eigenvalue weighted by atomic mass is 35.5. The molecule has 8 heteroatoms. The summed E-state index contributed by atoms with van der Waals surface area (Å²) >= 11 is 7.24. The minimum atomic E-state index is -0.0514. The van der Waals surface area contributed by atoms with Gasteiger partial charge in [-0.15, -0.1) is 10.2 Å². The third-order valence-electron chi connectivity index (χ3n) is 5.46. The Hall–Kier alpha value is -2.51. The van der Waals surface area contributed by atoms with Crippen LogP contribution < -0.4 is 10.1 Å². The van der Waals surface area contributed by atoms with Crippen LogP contribution in [-0.2, 0) is 10.2 Å². The quantitative estimate of drug-likeness (QED) is 0.507. The van der Waals surface area contributed by atoms with Crippen molar-refractivity contribution in [1.29, 1.82) is 0 Å². The van der Waals surface area contributed by atoms with E-state index in [0.29, 0.717) is 17.7 Å². The standard InChI is InChI=1S/C22H22ClN3O3S/c1-28-18-9-3-15(4-10-18)20-25-26-21(29-20)30-13-19(27)24-14-22(11-2-12-22)16-5-7-17(23)8-6-16/h3-10H,2,11-14H2,1H3,(H,24,27). The van der Waals surface area contributed by atoms with Gasteiger partial charge in [-0.2, -0.15) is 0 Å². The van der Waals surface area contributed by atoms with Gasteiger partial charge in [0.2, 0.25) is 11.8 Å². The van der Waals surface area contributed by atoms with Crippen molar-refractivity contribution in [3.8, 4) is 17.2 Å². The number of nitrogens with zero attached hydrogens (tertiary/aromatic N) is 2. The lowest BCUT2D eigenvalue weighted by Crippen LogP contribution is -2.46. The SMILES string of the molecule is COc1ccc(-c2nnc(SCC(=O)NCC3(c4ccc(Cl)cc4)CCC3)o2)cc1. The number of thioether (sulfide) groups is 1. The highest BCUT2D eigenvalue weighted by Crippen LogP contribution is 2.43. The molecule has 1 aliphatic rings. The van der Waals surface area contributed by atoms with Gasteiger partial charge in [0.05, 0.1) is 12.9 Å². The zero-order chi connectivity index (χ0) is 21.0. The summed E-state index contributed by atoms with van der Waals surface area (Å²) in [5.41, 5.74) is 2.04. The molecule has 30 heavy (non-hydrogen) atoms. The molecule has 0 unspecified atom stereocenters. The Kier molecular flexibility index (Phi) is 6.29. The predicted octanol–water partition coefficient (Wildman–Crippen LogP) is 4.73. The number of carbonyl (C=O) groups is 1. The van der Waals surface area contributed by atoms with Crippen molar-refractivity contribution < 1.29 is 13.9 Å². The Balaban J connectivity index is 1.29. The summed E-state index contributed by atoms with van der Waals surface area (Å²) in [5, 5.41) is 12.2. The van der Waals surface area contributed by atoms with E-state index in [0.717, 1.165) is 29.2 Å². The highest BCUT2D eigenvalue weighted by molar-refractivity contribution is 7.99. The van der Waals surface area contributed by atoms with Crippen LogP contribution in [0.15, 0.2) is 58.2 Å². The first kappa shape index (κ1) is 20.8. The van der Waals surface area contributed by atoms with Crippen LogP contribution in [0.5, 0.6) is 5.75 Å². The van der Waals surface area contributed by atoms with Crippen molar-refractivity contribution in [2.45, 2.75) is 29.9 Å². The lowest BCUT2D eigenvalue weighted by molar-refractivity contribution is -0.119. The molecule has 1 aromatic heterocycles. The number of halogens is 1. The summed E-state index contributed by atoms with van der Waals surface area (Å²) in [6, 6.07) is 15.3. The number of methoxy groups -OCH3 is 1. The number of carbonyl (C=O) groups excluding carboxylic acids is 1. The summed E-state index contributed by atoms with van der Waals surface area (Å²) in [4.78, 5) is 12.4. The van der Waals surface area contributed by atoms with Gasteiger partial charge in [0.15, 0.2) is 0 Å². The number of ether oxygens (including phenoxy) is 1. The normalized spacial score (nSPS) is 14.7. The van der Waals surface area contributed by atoms with Gasteiger partial charge >= 0.3 is 0 Å². The van der Waals surface area contributed by atoms with Gasteiger partial charge in [-0.05, 0) is 54.8 Å². The average Bonchev–Trinajstić information content (AvgIpc) is 3.22. The lowest BCUT2D eigenvalue weighted by atomic mass is 9.64. The van der Waals surface area contributed by atoms with Crippen molar-refractivity contribution >= 4 is 29.3 Å². The second-order valence-corrected chi connectivity index (χ2v) is 8.67. The third-order valence-corrected chi connectivity index (χ3v) is 6.53. The molecule has 0 spiro atoms. The fourth-order valence-corrected chi connectivity index (χ4v) is 4.26. The van der Waals surface area contributed by atoms with Gasteiger partial charge in [-0.25, -0.2) is 0 Å². The Labute approximate surface area is 184 Å². The molecule has 1 aliphatic carbocycles. The first-order chi connectivity index (χ1) is 14.6. The van der Waals surface area contributed by atoms with E-state index in [1.807, 2.05) is 36.4 Å². The molecule has 0 saturated heterocycles. The molecule has 0 radical (unpaired) electrons. The molecule has 1 amide bonds. The van der Waals surface area contributed by atoms with E-state index >= 15 is 0 Å². The zero-order valence-corrected chi connectivity index (χ0v) is 18.1. The first-order valence-electron chi connectivity index (χ1n) is 9.71. The first-order valence-corrected chi connectivity index (χ1v) is 11.1. The molecular weight excluding hydrogens is 422 g/mol. The van der Waals surface area contributed by atoms with Crippen LogP contribution in [-0.4, -0.2) is 35.5 Å². The Morgan fingerprint density at radius 3 is 2.53 bits per heavy atom. The van der Waals surface area contributed by atoms with Crippen LogP contribution in [0.4, 0.5) is 0 Å². The molecule has 1 N–H and O–H groups in total. The van der Waals surface area contributed by atoms with E-state index in [2.05, 4.69) is 27.6 Å². The predicted molar refractivity (Wildman–Crippen MR) is 117 cm³/mol. The Morgan fingerprint density at radius 1 is 1.17 bits per heavy atom. The van der Waals surface area contributed by atoms with Gasteiger partial charge in [0.1, 0.15) is 5.75 Å². The molecule has 1 fully saturated rings. The molecule has 0 atom stereocenters. The molecule has 1 heterocycles. The van der Waals surface area contributed by atoms with E-state index in [4.69, 9.17) is 20.8 Å². The average molecular weight is 444 g/mol. The van der Waals surface area contributed by atoms with Crippen molar-refractivity contribution in [3.05, 3.63) is 59.1 Å². The lowest BCUT2D eigenvalue weighted by Gasteiger charge is -2.42. The molecule has 3 aromatic rings. The van der Waals surface area contributed by atoms with E-state index in [-0.39, 0.29) is 17.1 Å². The van der Waals surface area contributed by atoms with Crippen molar-refractivity contribution in [3.63, 3.8) is 0 Å². The van der Waals surface area contributed by atoms with E-state index in [9.17, 15) is 4.79 Å². The number of hydrogen-bond donors (Lipinski definition) is 1. The minimum absolute atomic E-state index is 0.0109. The second kappa shape index (κ2) is 9.10. The van der Waals surface area contributed by atoms with Crippen LogP contribution >= 0.6 is 23.4 Å². The molecule has 0 bridgehead atoms. The van der Waals surface area contributed by atoms with Crippen LogP contribution in [0.25, 0.3) is 11.5 Å². The summed E-state index contributed by atoms with van der Waals surface area (Å²) in [7, 11) is 1.61. The van der Waals surface area contributed by atoms with Gasteiger partial charge in [-0.1, -0.05) is 41.9 Å². The number of aromatic nitrogens is 2. The largest absolute Gasteiger partial charge is 0.497 e. The molecule has 1 saturated carbocycles. The van der Waals surface area contributed by atoms with Gasteiger partial charge in [-0.3, -0.25) is 4.79 Å². The zero-order valence-electron chi connectivity index (χ0n) is 16.6. The molecule has 0 aliphatic heterocycles. The molecule has 156 valence electrons. The fraction of sp³-hybridized carbons (Fsp3) is 0.318. The van der Waals surface area contributed by atoms with Gasteiger partial charge in [0.25, 0.3) is 5.22 Å². The topological polar surface area (TPSA) is 77.2 Å². The smallest absolute Gasteiger partial charge is 0.277 e. The van der Waals surface area contributed by atoms with E-state index in [1.165, 1.54) is 23.7 Å². The number of benzene rings is 2. The maximum atomic E-state index is 12.4. The number of amides is 1. The summed E-state index contributed by atoms with van der Waals surface area (Å²) < 4.78 is 10.8. The van der Waals surface area contributed by atoms with E-state index < -0.39 is 0 Å². The van der Waals surface area contributed by atoms with Crippen LogP contribution in [0.3, 0.4) is 0 Å². The van der Waals surface area contributed by atoms with Crippen molar-refractivity contribution in [1.82, 2.24) is 15.5 Å². The Morgan fingerprint density at radius 2 is 1.90 bits per heavy atom. The number of hydrogen-bond acceptors (Lipinski definition) is 6. The Bertz CT molecular complexity index is 1000. The minimum Gasteiger partial charge on any atom is -0.497 e. The number of nitrogens with one attached hydrogen (secondary N) is 1. The summed E-state index contributed by atoms with van der Waals surface area (Å²) in [6.07, 6.45) is 3.30. The fourth-order valence-electron chi connectivity index (χ4n) is 3.54. The van der Waals surface area contributed by atoms with Gasteiger partial charge < -0.3 is 14.5 Å². The van der Waals surface area contributed by atoms with E-state index in [1.54, 1.807) is 7.11 Å². The van der Waals surface area contributed by atoms with Crippen molar-refractivity contribution in [2.75, 3.05) is 19.4 Å². The third kappa shape index (κ3) is 4.63. The molecular formula is C22H22ClN3O3S. The van der Waals surface area contributed by atoms with Crippen molar-refractivity contribution in [2.24, 2.45) is 0 Å². The number of rotatable bonds is 8. The monoisotopic (exact) mass is 443 g/mol. The maximum absolute atomic E-state index is 12.4. The molecule has 6 nitrogen and oxygen atoms in total. The molecule has 4 rings (SSSR count). The van der Waals surface area contributed by atoms with Crippen LogP contribution in [0.1, 0.15) is 24.8 Å². The summed E-state index contributed by atoms with van der Waals surface area (Å²) in [6.45, 7) is 0.620. The molecule has 2 aromatic carbocycles. The van der Waals surface area contributed by atoms with Gasteiger partial charge in [0, 0.05) is 22.5 Å². The second-order valence-electron chi connectivity index (χ2n) is 7.31. The maximum Gasteiger partial charge on any atom is 0.277 e. The highest BCUT2D eigenvalue weighted by Gasteiger charge is 2.38.